The van der Waals surface area contributed by atoms with Crippen molar-refractivity contribution in [2.75, 3.05) is 14.1 Å². The van der Waals surface area contributed by atoms with Gasteiger partial charge in [-0.3, -0.25) is 10.1 Å². The van der Waals surface area contributed by atoms with E-state index < -0.39 is 0 Å². The molecule has 0 saturated carbocycles. The van der Waals surface area contributed by atoms with Crippen LogP contribution in [0.25, 0.3) is 0 Å². The largest absolute Gasteiger partial charge is 0.305 e. The number of hydrogen-bond donors (Lipinski definition) is 0. The molecule has 1 aromatic rings. The fraction of sp³-hybridized carbons (Fsp3) is 0.300. The van der Waals surface area contributed by atoms with E-state index in [9.17, 15) is 10.1 Å². The minimum absolute atomic E-state index is 0.145. The number of nitro benzene ring substituents is 1. The Kier molecular flexibility index (Phi) is 3.19. The van der Waals surface area contributed by atoms with Gasteiger partial charge in [0.25, 0.3) is 5.69 Å². The second kappa shape index (κ2) is 4.19. The maximum absolute atomic E-state index is 10.7. The standard InChI is InChI=1S/C10H13N2O2/c1-8-4-5-9(7-11(2)3)10(6-8)12(13)14/h4-6H,1,7H2,2-3H3. The molecule has 0 aliphatic carbocycles. The summed E-state index contributed by atoms with van der Waals surface area (Å²) < 4.78 is 0. The van der Waals surface area contributed by atoms with E-state index in [1.807, 2.05) is 19.0 Å². The maximum atomic E-state index is 10.7. The smallest absolute Gasteiger partial charge is 0.274 e. The summed E-state index contributed by atoms with van der Waals surface area (Å²) in [5, 5.41) is 10.7. The lowest BCUT2D eigenvalue weighted by molar-refractivity contribution is -0.385. The third kappa shape index (κ3) is 2.53. The molecule has 75 valence electrons. The lowest BCUT2D eigenvalue weighted by atomic mass is 10.1. The number of nitro groups is 1. The van der Waals surface area contributed by atoms with Gasteiger partial charge in [0.1, 0.15) is 0 Å². The molecule has 0 bridgehead atoms. The first-order chi connectivity index (χ1) is 6.50. The number of hydrogen-bond acceptors (Lipinski definition) is 3. The van der Waals surface area contributed by atoms with E-state index in [4.69, 9.17) is 0 Å². The monoisotopic (exact) mass is 193 g/mol. The molecule has 0 aliphatic heterocycles. The highest BCUT2D eigenvalue weighted by Gasteiger charge is 2.13. The number of benzene rings is 1. The summed E-state index contributed by atoms with van der Waals surface area (Å²) in [5.74, 6) is 0. The molecule has 0 aromatic heterocycles. The molecule has 0 aliphatic rings. The highest BCUT2D eigenvalue weighted by atomic mass is 16.6. The fourth-order valence-electron chi connectivity index (χ4n) is 1.25. The molecule has 0 spiro atoms. The van der Waals surface area contributed by atoms with Gasteiger partial charge < -0.3 is 4.90 Å². The second-order valence-corrected chi connectivity index (χ2v) is 3.46. The summed E-state index contributed by atoms with van der Waals surface area (Å²) in [4.78, 5) is 12.2. The first-order valence-electron chi connectivity index (χ1n) is 4.24. The van der Waals surface area contributed by atoms with Gasteiger partial charge in [-0.15, -0.1) is 0 Å². The average Bonchev–Trinajstić information content (AvgIpc) is 2.07. The normalized spacial score (nSPS) is 10.6. The predicted octanol–water partition coefficient (Wildman–Crippen LogP) is 1.84. The molecule has 0 saturated heterocycles. The molecule has 14 heavy (non-hydrogen) atoms. The van der Waals surface area contributed by atoms with E-state index in [1.165, 1.54) is 6.07 Å². The van der Waals surface area contributed by atoms with Crippen molar-refractivity contribution in [1.29, 1.82) is 0 Å². The van der Waals surface area contributed by atoms with Gasteiger partial charge in [-0.1, -0.05) is 12.1 Å². The lowest BCUT2D eigenvalue weighted by Gasteiger charge is -2.09. The molecule has 1 rings (SSSR count). The molecule has 0 heterocycles. The Morgan fingerprint density at radius 3 is 2.64 bits per heavy atom. The first kappa shape index (κ1) is 10.7. The van der Waals surface area contributed by atoms with E-state index in [1.54, 1.807) is 12.1 Å². The van der Waals surface area contributed by atoms with Crippen molar-refractivity contribution >= 4 is 5.69 Å². The van der Waals surface area contributed by atoms with Crippen LogP contribution in [0.5, 0.6) is 0 Å². The average molecular weight is 193 g/mol. The van der Waals surface area contributed by atoms with Crippen LogP contribution < -0.4 is 0 Å². The van der Waals surface area contributed by atoms with Crippen molar-refractivity contribution in [2.24, 2.45) is 0 Å². The maximum Gasteiger partial charge on any atom is 0.274 e. The summed E-state index contributed by atoms with van der Waals surface area (Å²) in [6, 6.07) is 5.03. The Morgan fingerprint density at radius 2 is 2.14 bits per heavy atom. The Labute approximate surface area is 83.3 Å². The van der Waals surface area contributed by atoms with Gasteiger partial charge in [0.2, 0.25) is 0 Å². The number of nitrogens with zero attached hydrogens (tertiary/aromatic N) is 2. The molecule has 0 unspecified atom stereocenters. The molecule has 4 nitrogen and oxygen atoms in total. The lowest BCUT2D eigenvalue weighted by Crippen LogP contribution is -2.12. The molecular weight excluding hydrogens is 180 g/mol. The van der Waals surface area contributed by atoms with Gasteiger partial charge in [0.15, 0.2) is 0 Å². The van der Waals surface area contributed by atoms with Crippen LogP contribution in [-0.2, 0) is 6.54 Å². The van der Waals surface area contributed by atoms with Gasteiger partial charge in [0, 0.05) is 18.2 Å². The third-order valence-corrected chi connectivity index (χ3v) is 1.83. The Bertz CT molecular complexity index is 348. The molecule has 0 amide bonds. The van der Waals surface area contributed by atoms with Gasteiger partial charge in [0.05, 0.1) is 4.92 Å². The first-order valence-corrected chi connectivity index (χ1v) is 4.24. The van der Waals surface area contributed by atoms with E-state index in [2.05, 4.69) is 6.92 Å². The minimum atomic E-state index is -0.368. The quantitative estimate of drug-likeness (QED) is 0.543. The summed E-state index contributed by atoms with van der Waals surface area (Å²) in [7, 11) is 3.75. The van der Waals surface area contributed by atoms with Crippen LogP contribution >= 0.6 is 0 Å². The van der Waals surface area contributed by atoms with Crippen LogP contribution in [-0.4, -0.2) is 23.9 Å². The summed E-state index contributed by atoms with van der Waals surface area (Å²) >= 11 is 0. The zero-order valence-electron chi connectivity index (χ0n) is 8.36. The van der Waals surface area contributed by atoms with Gasteiger partial charge in [-0.25, -0.2) is 0 Å². The van der Waals surface area contributed by atoms with Crippen LogP contribution in [0.4, 0.5) is 5.69 Å². The Balaban J connectivity index is 3.08. The molecule has 4 heteroatoms. The molecule has 0 N–H and O–H groups in total. The van der Waals surface area contributed by atoms with E-state index in [0.29, 0.717) is 17.7 Å². The van der Waals surface area contributed by atoms with Crippen LogP contribution in [0.2, 0.25) is 0 Å². The van der Waals surface area contributed by atoms with Crippen molar-refractivity contribution in [3.63, 3.8) is 0 Å². The Morgan fingerprint density at radius 1 is 1.50 bits per heavy atom. The van der Waals surface area contributed by atoms with Crippen LogP contribution in [0.15, 0.2) is 18.2 Å². The molecule has 0 atom stereocenters. The highest BCUT2D eigenvalue weighted by molar-refractivity contribution is 5.44. The molecule has 0 fully saturated rings. The van der Waals surface area contributed by atoms with Crippen molar-refractivity contribution in [1.82, 2.24) is 4.90 Å². The van der Waals surface area contributed by atoms with Gasteiger partial charge in [-0.2, -0.15) is 0 Å². The van der Waals surface area contributed by atoms with Crippen LogP contribution in [0.1, 0.15) is 11.1 Å². The summed E-state index contributed by atoms with van der Waals surface area (Å²) in [6.07, 6.45) is 0. The van der Waals surface area contributed by atoms with Crippen molar-refractivity contribution in [2.45, 2.75) is 6.54 Å². The highest BCUT2D eigenvalue weighted by Crippen LogP contribution is 2.20. The molecular formula is C10H13N2O2. The van der Waals surface area contributed by atoms with Gasteiger partial charge in [-0.05, 0) is 26.6 Å². The number of rotatable bonds is 3. The van der Waals surface area contributed by atoms with Crippen molar-refractivity contribution < 1.29 is 4.92 Å². The van der Waals surface area contributed by atoms with Gasteiger partial charge >= 0.3 is 0 Å². The predicted molar refractivity (Wildman–Crippen MR) is 54.9 cm³/mol. The topological polar surface area (TPSA) is 46.4 Å². The second-order valence-electron chi connectivity index (χ2n) is 3.46. The van der Waals surface area contributed by atoms with E-state index in [0.717, 1.165) is 0 Å². The van der Waals surface area contributed by atoms with Crippen LogP contribution in [0, 0.1) is 17.0 Å². The summed E-state index contributed by atoms with van der Waals surface area (Å²) in [5.41, 5.74) is 1.53. The van der Waals surface area contributed by atoms with Crippen molar-refractivity contribution in [3.8, 4) is 0 Å². The zero-order chi connectivity index (χ0) is 10.7. The molecule has 1 aromatic carbocycles. The minimum Gasteiger partial charge on any atom is -0.305 e. The fourth-order valence-corrected chi connectivity index (χ4v) is 1.25. The Hall–Kier alpha value is -1.42. The summed E-state index contributed by atoms with van der Waals surface area (Å²) in [6.45, 7) is 4.23. The third-order valence-electron chi connectivity index (χ3n) is 1.83. The van der Waals surface area contributed by atoms with Crippen LogP contribution in [0.3, 0.4) is 0 Å². The zero-order valence-corrected chi connectivity index (χ0v) is 8.36. The van der Waals surface area contributed by atoms with E-state index >= 15 is 0 Å². The van der Waals surface area contributed by atoms with E-state index in [-0.39, 0.29) is 10.6 Å². The SMILES string of the molecule is [CH2]c1ccc(CN(C)C)c([N+](=O)[O-])c1. The molecule has 1 radical (unpaired) electrons. The van der Waals surface area contributed by atoms with Crippen molar-refractivity contribution in [3.05, 3.63) is 46.4 Å².